The quantitative estimate of drug-likeness (QED) is 0.00930. The van der Waals surface area contributed by atoms with Gasteiger partial charge in [-0.3, -0.25) is 10.9 Å². The van der Waals surface area contributed by atoms with Gasteiger partial charge >= 0.3 is 23.9 Å². The number of ether oxygens (including phenoxy) is 6. The minimum absolute atomic E-state index is 0.224. The molecule has 0 bridgehead atoms. The van der Waals surface area contributed by atoms with Gasteiger partial charge in [0.1, 0.15) is 23.7 Å². The van der Waals surface area contributed by atoms with Crippen LogP contribution in [0.3, 0.4) is 0 Å². The van der Waals surface area contributed by atoms with Crippen molar-refractivity contribution in [2.75, 3.05) is 37.3 Å². The van der Waals surface area contributed by atoms with Crippen LogP contribution in [0.4, 0.5) is 11.4 Å². The standard InChI is InChI=1S/C102H108N6O10/c1-5-97(109)115-67-21-65-113-85-51-41-77(42-52-85)75-33-37-79(38-34-75)99(111)117-87-57-61-101(62-58-87,71-103-105-83-49-55-95-91(69-83)89-25-17-19-27-93(89)107(95)7-3)81-45-29-73(30-46-81)23-15-13-11-9-10-12-14-16-24-74-31-47-82(48-32-74)102(72-104-106-84-50-56-96-92(70-84)90-26-18-20-28-94(90)108(96)8-4)63-59-88(60-64-102)118-100(112)80-39-35-76(36-40-80)78-43-53-86(54-44-78)114-66-22-68-116-98(110)6-2/h5-6,17-20,25-56,69-72,87-88,105-106H,1-2,7-16,21-24,57-68H2,3-4H3/b103-71+,104-72+. The lowest BCUT2D eigenvalue weighted by Crippen LogP contribution is -2.37. The topological polar surface area (TPSA) is 182 Å². The summed E-state index contributed by atoms with van der Waals surface area (Å²) in [5, 5.41) is 14.9. The molecule has 2 fully saturated rings. The molecule has 2 aliphatic rings. The molecule has 16 nitrogen and oxygen atoms in total. The number of unbranched alkanes of at least 4 members (excludes halogenated alkanes) is 7. The van der Waals surface area contributed by atoms with Crippen molar-refractivity contribution in [1.82, 2.24) is 9.13 Å². The lowest BCUT2D eigenvalue weighted by atomic mass is 9.69. The van der Waals surface area contributed by atoms with Gasteiger partial charge in [0.2, 0.25) is 0 Å². The molecule has 0 spiro atoms. The molecular formula is C102H108N6O10. The molecule has 0 aliphatic heterocycles. The maximum atomic E-state index is 13.7. The van der Waals surface area contributed by atoms with E-state index < -0.39 is 11.9 Å². The van der Waals surface area contributed by atoms with E-state index in [1.165, 1.54) is 104 Å². The van der Waals surface area contributed by atoms with Gasteiger partial charge in [-0.25, -0.2) is 19.2 Å². The predicted molar refractivity (Wildman–Crippen MR) is 477 cm³/mol. The Kier molecular flexibility index (Phi) is 27.9. The lowest BCUT2D eigenvalue weighted by Gasteiger charge is -2.37. The Morgan fingerprint density at radius 1 is 0.398 bits per heavy atom. The molecule has 118 heavy (non-hydrogen) atoms. The number of nitrogens with zero attached hydrogens (tertiary/aromatic N) is 4. The number of anilines is 2. The molecule has 2 saturated carbocycles. The molecule has 0 atom stereocenters. The normalized spacial score (nSPS) is 16.8. The van der Waals surface area contributed by atoms with E-state index in [9.17, 15) is 19.2 Å². The van der Waals surface area contributed by atoms with Crippen LogP contribution in [-0.2, 0) is 65.3 Å². The average molecular weight is 1580 g/mol. The van der Waals surface area contributed by atoms with Crippen molar-refractivity contribution in [3.05, 3.63) is 289 Å². The van der Waals surface area contributed by atoms with Crippen molar-refractivity contribution in [3.63, 3.8) is 0 Å². The first-order valence-corrected chi connectivity index (χ1v) is 42.4. The first kappa shape index (κ1) is 82.2. The zero-order chi connectivity index (χ0) is 81.5. The van der Waals surface area contributed by atoms with Crippen molar-refractivity contribution in [1.29, 1.82) is 0 Å². The summed E-state index contributed by atoms with van der Waals surface area (Å²) in [6.07, 6.45) is 24.9. The van der Waals surface area contributed by atoms with E-state index in [0.717, 1.165) is 122 Å². The van der Waals surface area contributed by atoms with Gasteiger partial charge in [-0.2, -0.15) is 10.2 Å². The molecule has 16 heteroatoms. The molecule has 2 heterocycles. The fourth-order valence-electron chi connectivity index (χ4n) is 17.0. The molecule has 0 unspecified atom stereocenters. The molecule has 10 aromatic carbocycles. The maximum Gasteiger partial charge on any atom is 0.338 e. The Bertz CT molecular complexity index is 5120. The van der Waals surface area contributed by atoms with Crippen LogP contribution in [0.5, 0.6) is 11.5 Å². The number of fused-ring (bicyclic) bond motifs is 6. The minimum atomic E-state index is -0.443. The first-order valence-electron chi connectivity index (χ1n) is 42.4. The fourth-order valence-corrected chi connectivity index (χ4v) is 17.0. The van der Waals surface area contributed by atoms with Crippen molar-refractivity contribution >= 4 is 91.3 Å². The smallest absolute Gasteiger partial charge is 0.338 e. The summed E-state index contributed by atoms with van der Waals surface area (Å²) in [4.78, 5) is 50.1. The van der Waals surface area contributed by atoms with Gasteiger partial charge in [0, 0.05) is 105 Å². The number of carbonyl (C=O) groups is 4. The van der Waals surface area contributed by atoms with Crippen molar-refractivity contribution < 1.29 is 47.6 Å². The second-order valence-corrected chi connectivity index (χ2v) is 31.3. The number of carbonyl (C=O) groups excluding carboxylic acids is 4. The van der Waals surface area contributed by atoms with Crippen LogP contribution >= 0.6 is 0 Å². The summed E-state index contributed by atoms with van der Waals surface area (Å²) in [6, 6.07) is 79.4. The highest BCUT2D eigenvalue weighted by atomic mass is 16.6. The molecule has 2 aromatic heterocycles. The van der Waals surface area contributed by atoms with E-state index in [1.54, 1.807) is 0 Å². The Labute approximate surface area is 692 Å². The largest absolute Gasteiger partial charge is 0.493 e. The Balaban J connectivity index is 0.543. The number of aryl methyl sites for hydroxylation is 4. The summed E-state index contributed by atoms with van der Waals surface area (Å²) in [5.74, 6) is -0.0836. The fraction of sp³-hybridized carbons (Fsp3) is 0.314. The van der Waals surface area contributed by atoms with Crippen molar-refractivity contribution in [3.8, 4) is 33.8 Å². The second-order valence-electron chi connectivity index (χ2n) is 31.3. The summed E-state index contributed by atoms with van der Waals surface area (Å²) in [6.45, 7) is 14.4. The van der Waals surface area contributed by atoms with Crippen molar-refractivity contribution in [2.24, 2.45) is 10.2 Å². The number of hydrogen-bond acceptors (Lipinski definition) is 14. The molecule has 2 aliphatic carbocycles. The van der Waals surface area contributed by atoms with Gasteiger partial charge in [0.15, 0.2) is 0 Å². The number of aromatic nitrogens is 2. The Morgan fingerprint density at radius 2 is 0.746 bits per heavy atom. The highest BCUT2D eigenvalue weighted by Crippen LogP contribution is 2.43. The van der Waals surface area contributed by atoms with Crippen LogP contribution < -0.4 is 20.3 Å². The van der Waals surface area contributed by atoms with Crippen molar-refractivity contribution in [2.45, 2.75) is 178 Å². The predicted octanol–water partition coefficient (Wildman–Crippen LogP) is 23.4. The highest BCUT2D eigenvalue weighted by molar-refractivity contribution is 6.10. The minimum Gasteiger partial charge on any atom is -0.493 e. The molecule has 0 saturated heterocycles. The van der Waals surface area contributed by atoms with Gasteiger partial charge in [-0.1, -0.05) is 185 Å². The van der Waals surface area contributed by atoms with Gasteiger partial charge in [-0.15, -0.1) is 0 Å². The third-order valence-corrected chi connectivity index (χ3v) is 23.7. The van der Waals surface area contributed by atoms with Crippen LogP contribution in [0.1, 0.15) is 172 Å². The summed E-state index contributed by atoms with van der Waals surface area (Å²) < 4.78 is 39.0. The van der Waals surface area contributed by atoms with Gasteiger partial charge in [-0.05, 0) is 232 Å². The van der Waals surface area contributed by atoms with E-state index in [-0.39, 0.29) is 48.2 Å². The number of benzene rings is 10. The summed E-state index contributed by atoms with van der Waals surface area (Å²) in [5.41, 5.74) is 23.0. The van der Waals surface area contributed by atoms with Crippen LogP contribution in [0, 0.1) is 0 Å². The molecule has 606 valence electrons. The molecule has 0 amide bonds. The van der Waals surface area contributed by atoms with Crippen LogP contribution in [0.15, 0.2) is 266 Å². The maximum absolute atomic E-state index is 13.7. The summed E-state index contributed by atoms with van der Waals surface area (Å²) in [7, 11) is 0. The van der Waals surface area contributed by atoms with Crippen LogP contribution in [0.25, 0.3) is 65.9 Å². The number of nitrogens with one attached hydrogen (secondary N) is 2. The van der Waals surface area contributed by atoms with Crippen LogP contribution in [-0.4, -0.2) is 84.1 Å². The zero-order valence-corrected chi connectivity index (χ0v) is 68.1. The van der Waals surface area contributed by atoms with Gasteiger partial charge < -0.3 is 37.6 Å². The van der Waals surface area contributed by atoms with E-state index in [1.807, 2.05) is 97.1 Å². The third kappa shape index (κ3) is 20.6. The molecule has 0 radical (unpaired) electrons. The Morgan fingerprint density at radius 3 is 1.11 bits per heavy atom. The molecular weight excluding hydrogens is 1470 g/mol. The van der Waals surface area contributed by atoms with E-state index in [4.69, 9.17) is 38.6 Å². The monoisotopic (exact) mass is 1580 g/mol. The van der Waals surface area contributed by atoms with E-state index in [2.05, 4.69) is 193 Å². The van der Waals surface area contributed by atoms with Crippen LogP contribution in [0.2, 0.25) is 0 Å². The van der Waals surface area contributed by atoms with E-state index in [0.29, 0.717) is 62.9 Å². The first-order chi connectivity index (χ1) is 57.9. The SMILES string of the molecule is C=CC(=O)OCCCOc1ccc(-c2ccc(C(=O)OC3CCC(/C=N/Nc4ccc5c(c4)c4ccccc4n5CC)(c4ccc(CCCCCCCCCCc5ccc(C6(/C=N/Nc7ccc8c(c7)c7ccccc7n8CC)CCC(OC(=O)c7ccc(-c8ccc(OCCCOC(=O)C=C)cc8)cc7)CC6)cc5)cc4)CC3)cc2)cc1. The van der Waals surface area contributed by atoms with Gasteiger partial charge in [0.25, 0.3) is 0 Å². The number of para-hydroxylation sites is 2. The van der Waals surface area contributed by atoms with E-state index >= 15 is 0 Å². The third-order valence-electron chi connectivity index (χ3n) is 23.7. The second kappa shape index (κ2) is 40.0. The molecule has 12 aromatic rings. The molecule has 14 rings (SSSR count). The average Bonchev–Trinajstić information content (AvgIpc) is 1.61. The lowest BCUT2D eigenvalue weighted by molar-refractivity contribution is -0.138. The van der Waals surface area contributed by atoms with Gasteiger partial charge in [0.05, 0.1) is 48.9 Å². The number of rotatable bonds is 39. The molecule has 2 N–H and O–H groups in total. The number of esters is 4. The number of hydrazone groups is 2. The zero-order valence-electron chi connectivity index (χ0n) is 68.1. The highest BCUT2D eigenvalue weighted by Gasteiger charge is 2.39. The Hall–Kier alpha value is -12.3. The summed E-state index contributed by atoms with van der Waals surface area (Å²) >= 11 is 0. The number of hydrogen-bond donors (Lipinski definition) is 2.